The van der Waals surface area contributed by atoms with E-state index in [9.17, 15) is 4.79 Å². The molecule has 1 atom stereocenters. The van der Waals surface area contributed by atoms with Crippen LogP contribution in [-0.4, -0.2) is 17.6 Å². The highest BCUT2D eigenvalue weighted by atomic mass is 32.1. The number of oxazole rings is 1. The van der Waals surface area contributed by atoms with Gasteiger partial charge in [0.25, 0.3) is 6.01 Å². The van der Waals surface area contributed by atoms with E-state index in [-0.39, 0.29) is 11.7 Å². The number of nitrogens with one attached hydrogen (secondary N) is 1. The average molecular weight is 294 g/mol. The van der Waals surface area contributed by atoms with Gasteiger partial charge in [-0.3, -0.25) is 0 Å². The lowest BCUT2D eigenvalue weighted by atomic mass is 10.1. The summed E-state index contributed by atoms with van der Waals surface area (Å²) in [5.74, 6) is -0.465. The molecule has 0 radical (unpaired) electrons. The lowest BCUT2D eigenvalue weighted by Crippen LogP contribution is -2.10. The van der Waals surface area contributed by atoms with Crippen LogP contribution in [0, 0.1) is 0 Å². The minimum atomic E-state index is -0.465. The van der Waals surface area contributed by atoms with E-state index in [0.717, 1.165) is 12.8 Å². The van der Waals surface area contributed by atoms with Crippen LogP contribution in [0.4, 0.5) is 6.01 Å². The lowest BCUT2D eigenvalue weighted by molar-refractivity contribution is 0.0519. The molecule has 2 aromatic heterocycles. The zero-order valence-electron chi connectivity index (χ0n) is 11.6. The number of hydrogen-bond donors (Lipinski definition) is 1. The Morgan fingerprint density at radius 1 is 1.55 bits per heavy atom. The van der Waals surface area contributed by atoms with E-state index in [1.165, 1.54) is 11.1 Å². The van der Waals surface area contributed by atoms with Gasteiger partial charge in [-0.1, -0.05) is 19.4 Å². The van der Waals surface area contributed by atoms with Gasteiger partial charge in [0.1, 0.15) is 6.26 Å². The van der Waals surface area contributed by atoms with Gasteiger partial charge in [0.2, 0.25) is 0 Å². The van der Waals surface area contributed by atoms with Crippen molar-refractivity contribution < 1.29 is 13.9 Å². The summed E-state index contributed by atoms with van der Waals surface area (Å²) in [6, 6.07) is 4.59. The summed E-state index contributed by atoms with van der Waals surface area (Å²) in [6.07, 6.45) is 3.33. The number of esters is 1. The maximum absolute atomic E-state index is 11.5. The lowest BCUT2D eigenvalue weighted by Gasteiger charge is -2.14. The fourth-order valence-electron chi connectivity index (χ4n) is 1.85. The number of anilines is 1. The van der Waals surface area contributed by atoms with Gasteiger partial charge in [-0.25, -0.2) is 4.79 Å². The summed E-state index contributed by atoms with van der Waals surface area (Å²) < 4.78 is 10.2. The highest BCUT2D eigenvalue weighted by molar-refractivity contribution is 7.10. The van der Waals surface area contributed by atoms with Crippen LogP contribution in [0.25, 0.3) is 0 Å². The van der Waals surface area contributed by atoms with Crippen LogP contribution < -0.4 is 5.32 Å². The molecule has 0 saturated carbocycles. The molecule has 1 unspecified atom stereocenters. The summed E-state index contributed by atoms with van der Waals surface area (Å²) in [7, 11) is 0. The van der Waals surface area contributed by atoms with Gasteiger partial charge in [-0.15, -0.1) is 11.3 Å². The van der Waals surface area contributed by atoms with Crippen LogP contribution in [0.1, 0.15) is 48.1 Å². The van der Waals surface area contributed by atoms with Gasteiger partial charge in [0.05, 0.1) is 12.6 Å². The van der Waals surface area contributed by atoms with Crippen molar-refractivity contribution in [2.45, 2.75) is 32.7 Å². The second kappa shape index (κ2) is 7.09. The summed E-state index contributed by atoms with van der Waals surface area (Å²) >= 11 is 1.69. The number of ether oxygens (including phenoxy) is 1. The molecule has 108 valence electrons. The quantitative estimate of drug-likeness (QED) is 0.785. The molecular formula is C14H18N2O3S. The van der Waals surface area contributed by atoms with Gasteiger partial charge < -0.3 is 14.5 Å². The van der Waals surface area contributed by atoms with Crippen LogP contribution >= 0.6 is 11.3 Å². The fourth-order valence-corrected chi connectivity index (χ4v) is 2.66. The molecule has 2 aromatic rings. The second-order valence-corrected chi connectivity index (χ2v) is 5.24. The second-order valence-electron chi connectivity index (χ2n) is 4.26. The van der Waals surface area contributed by atoms with Crippen molar-refractivity contribution >= 4 is 23.3 Å². The number of hydrogen-bond acceptors (Lipinski definition) is 6. The van der Waals surface area contributed by atoms with E-state index in [2.05, 4.69) is 23.3 Å². The molecule has 0 fully saturated rings. The van der Waals surface area contributed by atoms with Crippen molar-refractivity contribution in [1.82, 2.24) is 4.98 Å². The number of carbonyl (C=O) groups excluding carboxylic acids is 1. The van der Waals surface area contributed by atoms with Crippen molar-refractivity contribution in [3.8, 4) is 0 Å². The maximum Gasteiger partial charge on any atom is 0.360 e. The standard InChI is InChI=1S/C14H18N2O3S/c1-3-6-10(12-7-5-8-20-12)15-14-16-11(9-19-14)13(17)18-4-2/h5,7-10H,3-4,6H2,1-2H3,(H,15,16). The molecule has 20 heavy (non-hydrogen) atoms. The number of nitrogens with zero attached hydrogens (tertiary/aromatic N) is 1. The van der Waals surface area contributed by atoms with Crippen LogP contribution in [-0.2, 0) is 4.74 Å². The number of thiophene rings is 1. The first-order chi connectivity index (χ1) is 9.74. The number of rotatable bonds is 7. The molecule has 2 rings (SSSR count). The number of aromatic nitrogens is 1. The average Bonchev–Trinajstić information content (AvgIpc) is 3.10. The van der Waals surface area contributed by atoms with Crippen LogP contribution in [0.5, 0.6) is 0 Å². The molecule has 2 heterocycles. The van der Waals surface area contributed by atoms with E-state index in [4.69, 9.17) is 9.15 Å². The van der Waals surface area contributed by atoms with Crippen molar-refractivity contribution in [2.75, 3.05) is 11.9 Å². The van der Waals surface area contributed by atoms with E-state index < -0.39 is 5.97 Å². The van der Waals surface area contributed by atoms with E-state index >= 15 is 0 Å². The highest BCUT2D eigenvalue weighted by Crippen LogP contribution is 2.27. The number of carbonyl (C=O) groups is 1. The zero-order valence-corrected chi connectivity index (χ0v) is 12.4. The zero-order chi connectivity index (χ0) is 14.4. The molecule has 0 spiro atoms. The van der Waals surface area contributed by atoms with Crippen molar-refractivity contribution in [1.29, 1.82) is 0 Å². The van der Waals surface area contributed by atoms with Gasteiger partial charge in [-0.05, 0) is 24.8 Å². The molecular weight excluding hydrogens is 276 g/mol. The van der Waals surface area contributed by atoms with Gasteiger partial charge >= 0.3 is 5.97 Å². The van der Waals surface area contributed by atoms with Crippen LogP contribution in [0.15, 0.2) is 28.2 Å². The van der Waals surface area contributed by atoms with E-state index in [1.54, 1.807) is 18.3 Å². The first-order valence-electron chi connectivity index (χ1n) is 6.67. The Hall–Kier alpha value is -1.82. The molecule has 5 nitrogen and oxygen atoms in total. The largest absolute Gasteiger partial charge is 0.461 e. The van der Waals surface area contributed by atoms with Gasteiger partial charge in [0.15, 0.2) is 5.69 Å². The normalized spacial score (nSPS) is 12.1. The third-order valence-corrected chi connectivity index (χ3v) is 3.74. The van der Waals surface area contributed by atoms with E-state index in [0.29, 0.717) is 12.6 Å². The van der Waals surface area contributed by atoms with Gasteiger partial charge in [-0.2, -0.15) is 4.98 Å². The van der Waals surface area contributed by atoms with Crippen LogP contribution in [0.2, 0.25) is 0 Å². The molecule has 0 aliphatic rings. The molecule has 0 aliphatic carbocycles. The molecule has 0 amide bonds. The fraction of sp³-hybridized carbons (Fsp3) is 0.429. The predicted molar refractivity (Wildman–Crippen MR) is 78.1 cm³/mol. The Balaban J connectivity index is 2.06. The van der Waals surface area contributed by atoms with Gasteiger partial charge in [0, 0.05) is 4.88 Å². The van der Waals surface area contributed by atoms with Crippen molar-refractivity contribution in [3.63, 3.8) is 0 Å². The van der Waals surface area contributed by atoms with E-state index in [1.807, 2.05) is 11.4 Å². The molecule has 0 saturated heterocycles. The molecule has 1 N–H and O–H groups in total. The Morgan fingerprint density at radius 2 is 2.40 bits per heavy atom. The predicted octanol–water partition coefficient (Wildman–Crippen LogP) is 3.87. The van der Waals surface area contributed by atoms with Crippen molar-refractivity contribution in [2.24, 2.45) is 0 Å². The molecule has 0 aromatic carbocycles. The Morgan fingerprint density at radius 3 is 3.05 bits per heavy atom. The first-order valence-corrected chi connectivity index (χ1v) is 7.55. The van der Waals surface area contributed by atoms with Crippen LogP contribution in [0.3, 0.4) is 0 Å². The minimum absolute atomic E-state index is 0.147. The Bertz CT molecular complexity index is 536. The minimum Gasteiger partial charge on any atom is -0.461 e. The maximum atomic E-state index is 11.5. The highest BCUT2D eigenvalue weighted by Gasteiger charge is 2.17. The Kier molecular flexibility index (Phi) is 5.17. The SMILES string of the molecule is CCCC(Nc1nc(C(=O)OCC)co1)c1cccs1. The monoisotopic (exact) mass is 294 g/mol. The summed E-state index contributed by atoms with van der Waals surface area (Å²) in [5, 5.41) is 5.27. The topological polar surface area (TPSA) is 64.4 Å². The molecule has 0 bridgehead atoms. The Labute approximate surface area is 122 Å². The summed E-state index contributed by atoms with van der Waals surface area (Å²) in [5.41, 5.74) is 0.191. The third-order valence-electron chi connectivity index (χ3n) is 2.75. The molecule has 0 aliphatic heterocycles. The van der Waals surface area contributed by atoms with Crippen molar-refractivity contribution in [3.05, 3.63) is 34.3 Å². The summed E-state index contributed by atoms with van der Waals surface area (Å²) in [4.78, 5) is 16.9. The third kappa shape index (κ3) is 3.60. The first kappa shape index (κ1) is 14.6. The molecule has 6 heteroatoms. The smallest absolute Gasteiger partial charge is 0.360 e. The summed E-state index contributed by atoms with van der Waals surface area (Å²) in [6.45, 7) is 4.20.